The molecule has 1 heterocycles. The van der Waals surface area contributed by atoms with E-state index in [4.69, 9.17) is 4.74 Å². The maximum atomic E-state index is 13.6. The lowest BCUT2D eigenvalue weighted by Gasteiger charge is -2.18. The highest BCUT2D eigenvalue weighted by Gasteiger charge is 2.08. The Kier molecular flexibility index (Phi) is 6.13. The van der Waals surface area contributed by atoms with Gasteiger partial charge in [-0.1, -0.05) is 31.5 Å². The predicted octanol–water partition coefficient (Wildman–Crippen LogP) is 3.47. The van der Waals surface area contributed by atoms with Crippen LogP contribution in [0.3, 0.4) is 0 Å². The molecule has 0 spiro atoms. The zero-order valence-corrected chi connectivity index (χ0v) is 13.1. The second-order valence-corrected chi connectivity index (χ2v) is 5.16. The van der Waals surface area contributed by atoms with Crippen LogP contribution in [0.25, 0.3) is 0 Å². The Bertz CT molecular complexity index is 577. The van der Waals surface area contributed by atoms with E-state index in [0.717, 1.165) is 18.5 Å². The van der Waals surface area contributed by atoms with E-state index in [1.807, 2.05) is 37.4 Å². The van der Waals surface area contributed by atoms with Crippen LogP contribution in [0.15, 0.2) is 36.5 Å². The molecule has 2 rings (SSSR count). The summed E-state index contributed by atoms with van der Waals surface area (Å²) >= 11 is 0. The van der Waals surface area contributed by atoms with Crippen LogP contribution in [-0.2, 0) is 6.42 Å². The molecule has 1 aromatic carbocycles. The SMILES string of the molecule is CCCCc1nc(OCCN(C)c2ccccc2)ncc1F. The van der Waals surface area contributed by atoms with Crippen molar-refractivity contribution in [2.45, 2.75) is 26.2 Å². The summed E-state index contributed by atoms with van der Waals surface area (Å²) in [5.74, 6) is -0.359. The molecule has 0 saturated heterocycles. The monoisotopic (exact) mass is 303 g/mol. The first kappa shape index (κ1) is 16.2. The minimum atomic E-state index is -0.359. The van der Waals surface area contributed by atoms with E-state index in [-0.39, 0.29) is 11.8 Å². The molecule has 22 heavy (non-hydrogen) atoms. The number of hydrogen-bond donors (Lipinski definition) is 0. The molecule has 0 atom stereocenters. The van der Waals surface area contributed by atoms with E-state index in [0.29, 0.717) is 25.3 Å². The zero-order chi connectivity index (χ0) is 15.8. The van der Waals surface area contributed by atoms with Crippen molar-refractivity contribution in [3.05, 3.63) is 48.0 Å². The summed E-state index contributed by atoms with van der Waals surface area (Å²) < 4.78 is 19.1. The van der Waals surface area contributed by atoms with Gasteiger partial charge in [-0.2, -0.15) is 4.98 Å². The third-order valence-corrected chi connectivity index (χ3v) is 3.42. The summed E-state index contributed by atoms with van der Waals surface area (Å²) in [7, 11) is 2.00. The molecule has 2 aromatic rings. The number of para-hydroxylation sites is 1. The maximum absolute atomic E-state index is 13.6. The molecule has 0 radical (unpaired) electrons. The Morgan fingerprint density at radius 3 is 2.73 bits per heavy atom. The van der Waals surface area contributed by atoms with Crippen molar-refractivity contribution in [2.24, 2.45) is 0 Å². The van der Waals surface area contributed by atoms with Crippen molar-refractivity contribution >= 4 is 5.69 Å². The number of unbranched alkanes of at least 4 members (excludes halogenated alkanes) is 1. The third-order valence-electron chi connectivity index (χ3n) is 3.42. The highest BCUT2D eigenvalue weighted by Crippen LogP contribution is 2.12. The lowest BCUT2D eigenvalue weighted by Crippen LogP contribution is -2.24. The molecule has 4 nitrogen and oxygen atoms in total. The van der Waals surface area contributed by atoms with Crippen molar-refractivity contribution in [2.75, 3.05) is 25.1 Å². The van der Waals surface area contributed by atoms with Crippen molar-refractivity contribution in [3.63, 3.8) is 0 Å². The second-order valence-electron chi connectivity index (χ2n) is 5.16. The highest BCUT2D eigenvalue weighted by atomic mass is 19.1. The van der Waals surface area contributed by atoms with Gasteiger partial charge < -0.3 is 9.64 Å². The van der Waals surface area contributed by atoms with Gasteiger partial charge in [-0.05, 0) is 25.0 Å². The van der Waals surface area contributed by atoms with Crippen molar-refractivity contribution in [1.29, 1.82) is 0 Å². The number of rotatable bonds is 8. The Labute approximate surface area is 131 Å². The van der Waals surface area contributed by atoms with Crippen LogP contribution in [0.1, 0.15) is 25.5 Å². The molecule has 0 unspecified atom stereocenters. The van der Waals surface area contributed by atoms with Crippen molar-refractivity contribution in [3.8, 4) is 6.01 Å². The highest BCUT2D eigenvalue weighted by molar-refractivity contribution is 5.44. The Morgan fingerprint density at radius 1 is 1.23 bits per heavy atom. The maximum Gasteiger partial charge on any atom is 0.316 e. The minimum Gasteiger partial charge on any atom is -0.462 e. The molecule has 118 valence electrons. The van der Waals surface area contributed by atoms with Crippen LogP contribution in [0.2, 0.25) is 0 Å². The smallest absolute Gasteiger partial charge is 0.316 e. The van der Waals surface area contributed by atoms with Gasteiger partial charge in [0.05, 0.1) is 18.4 Å². The number of hydrogen-bond acceptors (Lipinski definition) is 4. The van der Waals surface area contributed by atoms with Crippen molar-refractivity contribution in [1.82, 2.24) is 9.97 Å². The minimum absolute atomic E-state index is 0.244. The number of likely N-dealkylation sites (N-methyl/N-ethyl adjacent to an activating group) is 1. The molecular formula is C17H22FN3O. The molecule has 1 aromatic heterocycles. The first-order valence-corrected chi connectivity index (χ1v) is 7.61. The quantitative estimate of drug-likeness (QED) is 0.748. The van der Waals surface area contributed by atoms with Crippen LogP contribution in [0, 0.1) is 5.82 Å². The summed E-state index contributed by atoms with van der Waals surface area (Å²) in [6, 6.07) is 10.3. The van der Waals surface area contributed by atoms with E-state index < -0.39 is 0 Å². The van der Waals surface area contributed by atoms with Crippen LogP contribution < -0.4 is 9.64 Å². The first-order valence-electron chi connectivity index (χ1n) is 7.61. The fraction of sp³-hybridized carbons (Fsp3) is 0.412. The zero-order valence-electron chi connectivity index (χ0n) is 13.1. The number of halogens is 1. The topological polar surface area (TPSA) is 38.2 Å². The van der Waals surface area contributed by atoms with Crippen LogP contribution in [-0.4, -0.2) is 30.2 Å². The van der Waals surface area contributed by atoms with E-state index in [2.05, 4.69) is 21.8 Å². The molecule has 0 saturated carbocycles. The normalized spacial score (nSPS) is 10.5. The van der Waals surface area contributed by atoms with Gasteiger partial charge in [0.1, 0.15) is 6.61 Å². The Balaban J connectivity index is 1.86. The molecule has 0 bridgehead atoms. The average molecular weight is 303 g/mol. The third kappa shape index (κ3) is 4.69. The van der Waals surface area contributed by atoms with Gasteiger partial charge in [0, 0.05) is 12.7 Å². The number of anilines is 1. The van der Waals surface area contributed by atoms with Gasteiger partial charge in [0.25, 0.3) is 0 Å². The Hall–Kier alpha value is -2.17. The van der Waals surface area contributed by atoms with E-state index in [1.165, 1.54) is 6.20 Å². The summed E-state index contributed by atoms with van der Waals surface area (Å²) in [5.41, 5.74) is 1.55. The number of nitrogens with zero attached hydrogens (tertiary/aromatic N) is 3. The van der Waals surface area contributed by atoms with Crippen LogP contribution in [0.4, 0.5) is 10.1 Å². The molecule has 0 aliphatic rings. The number of aryl methyl sites for hydroxylation is 1. The fourth-order valence-electron chi connectivity index (χ4n) is 2.06. The standard InChI is InChI=1S/C17H22FN3O/c1-3-4-10-16-15(18)13-19-17(20-16)22-12-11-21(2)14-8-6-5-7-9-14/h5-9,13H,3-4,10-12H2,1-2H3. The fourth-order valence-corrected chi connectivity index (χ4v) is 2.06. The number of aromatic nitrogens is 2. The predicted molar refractivity (Wildman–Crippen MR) is 85.8 cm³/mol. The lowest BCUT2D eigenvalue weighted by molar-refractivity contribution is 0.297. The molecule has 0 amide bonds. The average Bonchev–Trinajstić information content (AvgIpc) is 2.56. The van der Waals surface area contributed by atoms with E-state index >= 15 is 0 Å². The van der Waals surface area contributed by atoms with E-state index in [9.17, 15) is 4.39 Å². The molecule has 0 aliphatic carbocycles. The van der Waals surface area contributed by atoms with Gasteiger partial charge in [-0.3, -0.25) is 0 Å². The number of benzene rings is 1. The van der Waals surface area contributed by atoms with Crippen LogP contribution >= 0.6 is 0 Å². The van der Waals surface area contributed by atoms with Gasteiger partial charge in [-0.25, -0.2) is 9.37 Å². The van der Waals surface area contributed by atoms with Gasteiger partial charge in [0.2, 0.25) is 0 Å². The largest absolute Gasteiger partial charge is 0.462 e. The Morgan fingerprint density at radius 2 is 2.00 bits per heavy atom. The molecule has 5 heteroatoms. The summed E-state index contributed by atoms with van der Waals surface area (Å²) in [5, 5.41) is 0. The van der Waals surface area contributed by atoms with Gasteiger partial charge >= 0.3 is 6.01 Å². The number of ether oxygens (including phenoxy) is 1. The molecule has 0 fully saturated rings. The summed E-state index contributed by atoms with van der Waals surface area (Å²) in [4.78, 5) is 10.1. The summed E-state index contributed by atoms with van der Waals surface area (Å²) in [6.07, 6.45) is 3.71. The van der Waals surface area contributed by atoms with Gasteiger partial charge in [0.15, 0.2) is 5.82 Å². The molecule has 0 N–H and O–H groups in total. The van der Waals surface area contributed by atoms with Crippen LogP contribution in [0.5, 0.6) is 6.01 Å². The van der Waals surface area contributed by atoms with Crippen molar-refractivity contribution < 1.29 is 9.13 Å². The second kappa shape index (κ2) is 8.32. The molecule has 0 aliphatic heterocycles. The molecular weight excluding hydrogens is 281 g/mol. The summed E-state index contributed by atoms with van der Waals surface area (Å²) in [6.45, 7) is 3.22. The van der Waals surface area contributed by atoms with E-state index in [1.54, 1.807) is 0 Å². The first-order chi connectivity index (χ1) is 10.7. The van der Waals surface area contributed by atoms with Gasteiger partial charge in [-0.15, -0.1) is 0 Å². The lowest BCUT2D eigenvalue weighted by atomic mass is 10.2.